The molecule has 150 valence electrons. The van der Waals surface area contributed by atoms with Gasteiger partial charge in [-0.25, -0.2) is 9.67 Å². The number of amidine groups is 1. The van der Waals surface area contributed by atoms with Crippen molar-refractivity contribution in [3.8, 4) is 11.9 Å². The molecular formula is C19H19ClN6OS2. The molecule has 0 bridgehead atoms. The number of hydrogen-bond donors (Lipinski definition) is 0. The predicted octanol–water partition coefficient (Wildman–Crippen LogP) is 4.24. The maximum absolute atomic E-state index is 9.22. The molecule has 0 amide bonds. The molecule has 1 aromatic carbocycles. The van der Waals surface area contributed by atoms with Gasteiger partial charge in [-0.15, -0.1) is 11.3 Å². The minimum atomic E-state index is -0.150. The first-order valence-corrected chi connectivity index (χ1v) is 10.8. The van der Waals surface area contributed by atoms with Crippen LogP contribution < -0.4 is 9.54 Å². The number of rotatable bonds is 4. The molecule has 0 saturated carbocycles. The summed E-state index contributed by atoms with van der Waals surface area (Å²) in [6.45, 7) is 6.74. The van der Waals surface area contributed by atoms with Gasteiger partial charge in [-0.2, -0.15) is 20.3 Å². The van der Waals surface area contributed by atoms with Gasteiger partial charge in [0.2, 0.25) is 11.0 Å². The molecule has 0 N–H and O–H groups in total. The van der Waals surface area contributed by atoms with Crippen LogP contribution in [0.2, 0.25) is 5.02 Å². The van der Waals surface area contributed by atoms with E-state index in [1.54, 1.807) is 35.5 Å². The number of methoxy groups -OCH3 is 1. The summed E-state index contributed by atoms with van der Waals surface area (Å²) in [4.78, 5) is 13.5. The molecule has 2 aromatic heterocycles. The van der Waals surface area contributed by atoms with Gasteiger partial charge in [0, 0.05) is 15.8 Å². The van der Waals surface area contributed by atoms with Gasteiger partial charge < -0.3 is 4.74 Å². The second kappa shape index (κ2) is 8.86. The average Bonchev–Trinajstić information content (AvgIpc) is 3.32. The summed E-state index contributed by atoms with van der Waals surface area (Å²) in [7, 11) is 1.55. The molecule has 3 rings (SSSR count). The third-order valence-electron chi connectivity index (χ3n) is 3.82. The van der Waals surface area contributed by atoms with Crippen LogP contribution in [0.4, 0.5) is 0 Å². The van der Waals surface area contributed by atoms with E-state index in [0.717, 1.165) is 10.7 Å². The number of nitriles is 1. The van der Waals surface area contributed by atoms with Crippen LogP contribution >= 0.6 is 34.3 Å². The highest BCUT2D eigenvalue weighted by Gasteiger charge is 2.21. The van der Waals surface area contributed by atoms with Gasteiger partial charge in [-0.05, 0) is 18.2 Å². The second-order valence-electron chi connectivity index (χ2n) is 7.07. The molecule has 0 aliphatic carbocycles. The standard InChI is InChI=1S/C19H19ClN6OS2/c1-19(2,3)17-25-26(8-13-9-28-11-23-13)18(29-17)24-16(22-10-21)14-7-12(20)5-6-15(14)27-4/h5-7,9,11H,8H2,1-4H3. The van der Waals surface area contributed by atoms with Crippen LogP contribution in [-0.2, 0) is 12.0 Å². The van der Waals surface area contributed by atoms with Crippen molar-refractivity contribution in [2.24, 2.45) is 9.98 Å². The minimum Gasteiger partial charge on any atom is -0.496 e. The number of aliphatic imine (C=N–C) groups is 1. The summed E-state index contributed by atoms with van der Waals surface area (Å²) in [5.74, 6) is 0.738. The van der Waals surface area contributed by atoms with Crippen LogP contribution in [0, 0.1) is 11.5 Å². The van der Waals surface area contributed by atoms with E-state index in [9.17, 15) is 5.26 Å². The summed E-state index contributed by atoms with van der Waals surface area (Å²) in [6, 6.07) is 5.11. The molecule has 0 aliphatic rings. The van der Waals surface area contributed by atoms with E-state index in [4.69, 9.17) is 21.4 Å². The Kier molecular flexibility index (Phi) is 6.47. The highest BCUT2D eigenvalue weighted by molar-refractivity contribution is 7.09. The highest BCUT2D eigenvalue weighted by atomic mass is 35.5. The van der Waals surface area contributed by atoms with Gasteiger partial charge >= 0.3 is 0 Å². The van der Waals surface area contributed by atoms with Crippen molar-refractivity contribution in [1.82, 2.24) is 14.8 Å². The Labute approximate surface area is 181 Å². The smallest absolute Gasteiger partial charge is 0.210 e. The molecule has 0 saturated heterocycles. The maximum atomic E-state index is 9.22. The zero-order valence-electron chi connectivity index (χ0n) is 16.4. The maximum Gasteiger partial charge on any atom is 0.210 e. The summed E-state index contributed by atoms with van der Waals surface area (Å²) in [5, 5.41) is 17.3. The molecule has 0 atom stereocenters. The molecule has 29 heavy (non-hydrogen) atoms. The zero-order valence-corrected chi connectivity index (χ0v) is 18.8. The Balaban J connectivity index is 2.18. The average molecular weight is 447 g/mol. The van der Waals surface area contributed by atoms with Crippen LogP contribution in [0.5, 0.6) is 5.75 Å². The predicted molar refractivity (Wildman–Crippen MR) is 116 cm³/mol. The summed E-state index contributed by atoms with van der Waals surface area (Å²) in [6.07, 6.45) is 1.82. The lowest BCUT2D eigenvalue weighted by Crippen LogP contribution is -2.20. The zero-order chi connectivity index (χ0) is 21.0. The van der Waals surface area contributed by atoms with Gasteiger partial charge in [0.15, 0.2) is 5.84 Å². The van der Waals surface area contributed by atoms with Crippen molar-refractivity contribution in [1.29, 1.82) is 5.26 Å². The molecular weight excluding hydrogens is 428 g/mol. The molecule has 3 aromatic rings. The van der Waals surface area contributed by atoms with Gasteiger partial charge in [-0.3, -0.25) is 0 Å². The molecule has 0 radical (unpaired) electrons. The topological polar surface area (TPSA) is 88.5 Å². The van der Waals surface area contributed by atoms with Gasteiger partial charge in [0.1, 0.15) is 10.8 Å². The lowest BCUT2D eigenvalue weighted by atomic mass is 9.98. The van der Waals surface area contributed by atoms with E-state index < -0.39 is 0 Å². The number of benzene rings is 1. The molecule has 10 heteroatoms. The number of hydrogen-bond acceptors (Lipinski definition) is 7. The fourth-order valence-corrected chi connectivity index (χ4v) is 4.09. The van der Waals surface area contributed by atoms with E-state index in [-0.39, 0.29) is 11.3 Å². The van der Waals surface area contributed by atoms with Gasteiger partial charge in [0.05, 0.1) is 30.4 Å². The van der Waals surface area contributed by atoms with E-state index >= 15 is 0 Å². The quantitative estimate of drug-likeness (QED) is 0.340. The van der Waals surface area contributed by atoms with Crippen molar-refractivity contribution in [2.45, 2.75) is 32.7 Å². The number of halogens is 1. The number of aromatic nitrogens is 3. The summed E-state index contributed by atoms with van der Waals surface area (Å²) in [5.41, 5.74) is 3.06. The summed E-state index contributed by atoms with van der Waals surface area (Å²) >= 11 is 9.13. The van der Waals surface area contributed by atoms with E-state index in [0.29, 0.717) is 27.7 Å². The molecule has 0 fully saturated rings. The molecule has 0 aliphatic heterocycles. The number of nitrogens with zero attached hydrogens (tertiary/aromatic N) is 6. The van der Waals surface area contributed by atoms with E-state index in [1.165, 1.54) is 22.7 Å². The third-order valence-corrected chi connectivity index (χ3v) is 6.06. The Morgan fingerprint density at radius 1 is 1.38 bits per heavy atom. The Morgan fingerprint density at radius 3 is 2.79 bits per heavy atom. The van der Waals surface area contributed by atoms with Crippen molar-refractivity contribution < 1.29 is 4.74 Å². The fraction of sp³-hybridized carbons (Fsp3) is 0.316. The number of ether oxygens (including phenoxy) is 1. The largest absolute Gasteiger partial charge is 0.496 e. The van der Waals surface area contributed by atoms with E-state index in [2.05, 4.69) is 35.7 Å². The third kappa shape index (κ3) is 5.09. The SMILES string of the molecule is COc1ccc(Cl)cc1C(=NC#N)N=c1sc(C(C)(C)C)nn1Cc1cscn1. The molecule has 0 unspecified atom stereocenters. The molecule has 0 spiro atoms. The lowest BCUT2D eigenvalue weighted by Gasteiger charge is -2.12. The van der Waals surface area contributed by atoms with Crippen molar-refractivity contribution in [3.63, 3.8) is 0 Å². The lowest BCUT2D eigenvalue weighted by molar-refractivity contribution is 0.414. The van der Waals surface area contributed by atoms with Gasteiger partial charge in [-0.1, -0.05) is 43.7 Å². The van der Waals surface area contributed by atoms with Crippen LogP contribution in [0.15, 0.2) is 39.1 Å². The van der Waals surface area contributed by atoms with Crippen molar-refractivity contribution >= 4 is 40.1 Å². The molecule has 2 heterocycles. The summed E-state index contributed by atoms with van der Waals surface area (Å²) < 4.78 is 7.19. The van der Waals surface area contributed by atoms with Crippen LogP contribution in [0.25, 0.3) is 0 Å². The van der Waals surface area contributed by atoms with Crippen LogP contribution in [-0.4, -0.2) is 27.7 Å². The van der Waals surface area contributed by atoms with Crippen LogP contribution in [0.3, 0.4) is 0 Å². The first-order chi connectivity index (χ1) is 13.8. The van der Waals surface area contributed by atoms with Crippen molar-refractivity contribution in [2.75, 3.05) is 7.11 Å². The fourth-order valence-electron chi connectivity index (χ4n) is 2.41. The van der Waals surface area contributed by atoms with E-state index in [1.807, 2.05) is 11.6 Å². The van der Waals surface area contributed by atoms with Crippen molar-refractivity contribution in [3.05, 3.63) is 55.2 Å². The first kappa shape index (κ1) is 21.2. The second-order valence-corrected chi connectivity index (χ2v) is 9.18. The van der Waals surface area contributed by atoms with Gasteiger partial charge in [0.25, 0.3) is 0 Å². The Bertz CT molecular complexity index is 1130. The number of thiazole rings is 1. The molecule has 7 nitrogen and oxygen atoms in total. The monoisotopic (exact) mass is 446 g/mol. The normalized spacial score (nSPS) is 12.8. The minimum absolute atomic E-state index is 0.150. The van der Waals surface area contributed by atoms with Crippen LogP contribution in [0.1, 0.15) is 37.0 Å². The Morgan fingerprint density at radius 2 is 2.17 bits per heavy atom. The Hall–Kier alpha value is -2.54. The first-order valence-electron chi connectivity index (χ1n) is 8.62. The highest BCUT2D eigenvalue weighted by Crippen LogP contribution is 2.25.